The van der Waals surface area contributed by atoms with Crippen LogP contribution >= 0.6 is 0 Å². The zero-order chi connectivity index (χ0) is 10.6. The quantitative estimate of drug-likeness (QED) is 0.744. The number of hydrogen-bond donors (Lipinski definition) is 2. The van der Waals surface area contributed by atoms with E-state index < -0.39 is 12.1 Å². The predicted octanol–water partition coefficient (Wildman–Crippen LogP) is 1.69. The molecule has 0 heterocycles. The van der Waals surface area contributed by atoms with Gasteiger partial charge in [0.2, 0.25) is 0 Å². The standard InChI is InChI=1S/C9H16F3NO/c10-9(11,12)7-1-3-8(4-2-7)13-5-6-14/h7-8,13-14H,1-6H2. The monoisotopic (exact) mass is 211 g/mol. The van der Waals surface area contributed by atoms with Crippen molar-refractivity contribution < 1.29 is 18.3 Å². The molecule has 0 spiro atoms. The van der Waals surface area contributed by atoms with E-state index in [0.29, 0.717) is 19.4 Å². The van der Waals surface area contributed by atoms with E-state index in [1.54, 1.807) is 0 Å². The van der Waals surface area contributed by atoms with Gasteiger partial charge in [0.1, 0.15) is 0 Å². The Kier molecular flexibility index (Phi) is 4.19. The second kappa shape index (κ2) is 4.98. The largest absolute Gasteiger partial charge is 0.395 e. The lowest BCUT2D eigenvalue weighted by Crippen LogP contribution is -2.38. The van der Waals surface area contributed by atoms with Gasteiger partial charge in [-0.15, -0.1) is 0 Å². The van der Waals surface area contributed by atoms with Crippen LogP contribution in [0.25, 0.3) is 0 Å². The molecule has 1 saturated carbocycles. The highest BCUT2D eigenvalue weighted by molar-refractivity contribution is 4.80. The first-order valence-electron chi connectivity index (χ1n) is 4.95. The molecule has 1 rings (SSSR count). The first-order chi connectivity index (χ1) is 6.54. The molecule has 0 amide bonds. The lowest BCUT2D eigenvalue weighted by Gasteiger charge is -2.30. The molecule has 2 N–H and O–H groups in total. The Morgan fingerprint density at radius 3 is 2.14 bits per heavy atom. The summed E-state index contributed by atoms with van der Waals surface area (Å²) in [5.41, 5.74) is 0. The van der Waals surface area contributed by atoms with Gasteiger partial charge in [-0.05, 0) is 25.7 Å². The van der Waals surface area contributed by atoms with Crippen molar-refractivity contribution in [2.45, 2.75) is 37.9 Å². The Labute approximate surface area is 81.5 Å². The second-order valence-electron chi connectivity index (χ2n) is 3.77. The van der Waals surface area contributed by atoms with Gasteiger partial charge in [-0.1, -0.05) is 0 Å². The van der Waals surface area contributed by atoms with Crippen LogP contribution in [0.5, 0.6) is 0 Å². The third kappa shape index (κ3) is 3.46. The van der Waals surface area contributed by atoms with Crippen LogP contribution in [0.2, 0.25) is 0 Å². The van der Waals surface area contributed by atoms with Crippen molar-refractivity contribution in [3.05, 3.63) is 0 Å². The van der Waals surface area contributed by atoms with Crippen molar-refractivity contribution in [2.75, 3.05) is 13.2 Å². The minimum atomic E-state index is -4.03. The van der Waals surface area contributed by atoms with Gasteiger partial charge in [-0.2, -0.15) is 13.2 Å². The Bertz CT molecular complexity index is 164. The van der Waals surface area contributed by atoms with E-state index in [1.807, 2.05) is 0 Å². The first-order valence-corrected chi connectivity index (χ1v) is 4.95. The van der Waals surface area contributed by atoms with E-state index in [1.165, 1.54) is 0 Å². The summed E-state index contributed by atoms with van der Waals surface area (Å²) in [4.78, 5) is 0. The lowest BCUT2D eigenvalue weighted by atomic mass is 9.85. The van der Waals surface area contributed by atoms with Crippen molar-refractivity contribution in [1.82, 2.24) is 5.32 Å². The van der Waals surface area contributed by atoms with Crippen molar-refractivity contribution in [1.29, 1.82) is 0 Å². The maximum atomic E-state index is 12.3. The van der Waals surface area contributed by atoms with Crippen LogP contribution in [0.4, 0.5) is 13.2 Å². The normalized spacial score (nSPS) is 29.1. The smallest absolute Gasteiger partial charge is 0.391 e. The Balaban J connectivity index is 2.24. The third-order valence-corrected chi connectivity index (χ3v) is 2.73. The minimum absolute atomic E-state index is 0.0409. The molecule has 0 saturated heterocycles. The Morgan fingerprint density at radius 1 is 1.14 bits per heavy atom. The average molecular weight is 211 g/mol. The fraction of sp³-hybridized carbons (Fsp3) is 1.00. The predicted molar refractivity (Wildman–Crippen MR) is 46.9 cm³/mol. The third-order valence-electron chi connectivity index (χ3n) is 2.73. The zero-order valence-electron chi connectivity index (χ0n) is 7.98. The molecular formula is C9H16F3NO. The summed E-state index contributed by atoms with van der Waals surface area (Å²) in [5, 5.41) is 11.6. The maximum absolute atomic E-state index is 12.3. The fourth-order valence-corrected chi connectivity index (χ4v) is 1.89. The molecule has 0 unspecified atom stereocenters. The summed E-state index contributed by atoms with van der Waals surface area (Å²) in [6.45, 7) is 0.514. The topological polar surface area (TPSA) is 32.3 Å². The van der Waals surface area contributed by atoms with Gasteiger partial charge in [0.25, 0.3) is 0 Å². The Hall–Kier alpha value is -0.290. The van der Waals surface area contributed by atoms with Crippen LogP contribution in [0, 0.1) is 5.92 Å². The van der Waals surface area contributed by atoms with Gasteiger partial charge >= 0.3 is 6.18 Å². The molecule has 5 heteroatoms. The van der Waals surface area contributed by atoms with Crippen molar-refractivity contribution >= 4 is 0 Å². The molecule has 0 atom stereocenters. The van der Waals surface area contributed by atoms with Crippen molar-refractivity contribution in [2.24, 2.45) is 5.92 Å². The van der Waals surface area contributed by atoms with Crippen LogP contribution in [-0.2, 0) is 0 Å². The number of aliphatic hydroxyl groups is 1. The van der Waals surface area contributed by atoms with Crippen LogP contribution in [0.1, 0.15) is 25.7 Å². The summed E-state index contributed by atoms with van der Waals surface area (Å²) in [7, 11) is 0. The maximum Gasteiger partial charge on any atom is 0.391 e. The van der Waals surface area contributed by atoms with Crippen LogP contribution in [0.15, 0.2) is 0 Å². The molecule has 1 aliphatic carbocycles. The number of nitrogens with one attached hydrogen (secondary N) is 1. The van der Waals surface area contributed by atoms with Crippen LogP contribution in [0.3, 0.4) is 0 Å². The summed E-state index contributed by atoms with van der Waals surface area (Å²) < 4.78 is 36.8. The highest BCUT2D eigenvalue weighted by atomic mass is 19.4. The van der Waals surface area contributed by atoms with E-state index in [9.17, 15) is 13.2 Å². The van der Waals surface area contributed by atoms with E-state index in [2.05, 4.69) is 5.32 Å². The van der Waals surface area contributed by atoms with Gasteiger partial charge in [-0.25, -0.2) is 0 Å². The summed E-state index contributed by atoms with van der Waals surface area (Å²) in [5.74, 6) is -1.12. The number of halogens is 3. The molecule has 14 heavy (non-hydrogen) atoms. The summed E-state index contributed by atoms with van der Waals surface area (Å²) >= 11 is 0. The number of aliphatic hydroxyl groups excluding tert-OH is 1. The van der Waals surface area contributed by atoms with Gasteiger partial charge in [0, 0.05) is 12.6 Å². The molecule has 0 aliphatic heterocycles. The minimum Gasteiger partial charge on any atom is -0.395 e. The highest BCUT2D eigenvalue weighted by Crippen LogP contribution is 2.37. The lowest BCUT2D eigenvalue weighted by molar-refractivity contribution is -0.182. The SMILES string of the molecule is OCCNC1CCC(C(F)(F)F)CC1. The van der Waals surface area contributed by atoms with Gasteiger partial charge in [0.15, 0.2) is 0 Å². The number of alkyl halides is 3. The summed E-state index contributed by atoms with van der Waals surface area (Å²) in [6.07, 6.45) is -2.48. The molecular weight excluding hydrogens is 195 g/mol. The fourth-order valence-electron chi connectivity index (χ4n) is 1.89. The van der Waals surface area contributed by atoms with E-state index in [-0.39, 0.29) is 25.5 Å². The molecule has 2 nitrogen and oxygen atoms in total. The number of rotatable bonds is 3. The molecule has 0 aromatic heterocycles. The van der Waals surface area contributed by atoms with E-state index in [4.69, 9.17) is 5.11 Å². The second-order valence-corrected chi connectivity index (χ2v) is 3.77. The average Bonchev–Trinajstić information content (AvgIpc) is 2.14. The van der Waals surface area contributed by atoms with Crippen molar-refractivity contribution in [3.8, 4) is 0 Å². The van der Waals surface area contributed by atoms with Crippen LogP contribution < -0.4 is 5.32 Å². The number of hydrogen-bond acceptors (Lipinski definition) is 2. The summed E-state index contributed by atoms with van der Waals surface area (Å²) in [6, 6.07) is 0.153. The molecule has 1 aliphatic rings. The van der Waals surface area contributed by atoms with Gasteiger partial charge in [-0.3, -0.25) is 0 Å². The van der Waals surface area contributed by atoms with Gasteiger partial charge < -0.3 is 10.4 Å². The first kappa shape index (κ1) is 11.8. The molecule has 0 radical (unpaired) electrons. The molecule has 1 fully saturated rings. The van der Waals surface area contributed by atoms with E-state index in [0.717, 1.165) is 0 Å². The van der Waals surface area contributed by atoms with Gasteiger partial charge in [0.05, 0.1) is 12.5 Å². The zero-order valence-corrected chi connectivity index (χ0v) is 7.98. The van der Waals surface area contributed by atoms with Crippen LogP contribution in [-0.4, -0.2) is 30.5 Å². The molecule has 84 valence electrons. The molecule has 0 bridgehead atoms. The van der Waals surface area contributed by atoms with E-state index >= 15 is 0 Å². The Morgan fingerprint density at radius 2 is 1.71 bits per heavy atom. The molecule has 0 aromatic rings. The molecule has 0 aromatic carbocycles. The van der Waals surface area contributed by atoms with Crippen molar-refractivity contribution in [3.63, 3.8) is 0 Å². The highest BCUT2D eigenvalue weighted by Gasteiger charge is 2.41.